The van der Waals surface area contributed by atoms with E-state index in [1.54, 1.807) is 72.5 Å². The average molecular weight is 520 g/mol. The predicted octanol–water partition coefficient (Wildman–Crippen LogP) is 4.95. The SMILES string of the molecule is COc1ccc(C(=O)CSc2nc3cc(C(=O)NCc4ccco4)ccc3c(=O)n2CCC(C)C)cc1. The molecule has 0 radical (unpaired) electrons. The van der Waals surface area contributed by atoms with Crippen molar-refractivity contribution in [2.45, 2.75) is 38.5 Å². The summed E-state index contributed by atoms with van der Waals surface area (Å²) in [6, 6.07) is 15.3. The number of hydrogen-bond acceptors (Lipinski definition) is 7. The van der Waals surface area contributed by atoms with Crippen molar-refractivity contribution < 1.29 is 18.7 Å². The number of thioether (sulfide) groups is 1. The summed E-state index contributed by atoms with van der Waals surface area (Å²) in [6.45, 7) is 4.92. The first-order chi connectivity index (χ1) is 17.9. The molecule has 1 N–H and O–H groups in total. The third-order valence-corrected chi connectivity index (χ3v) is 6.84. The second kappa shape index (κ2) is 11.9. The Kier molecular flexibility index (Phi) is 8.45. The number of rotatable bonds is 11. The fourth-order valence-corrected chi connectivity index (χ4v) is 4.63. The molecular formula is C28H29N3O5S. The van der Waals surface area contributed by atoms with Crippen LogP contribution in [0.4, 0.5) is 0 Å². The van der Waals surface area contributed by atoms with Gasteiger partial charge in [-0.25, -0.2) is 4.98 Å². The lowest BCUT2D eigenvalue weighted by Crippen LogP contribution is -2.25. The first-order valence-electron chi connectivity index (χ1n) is 12.0. The number of ether oxygens (including phenoxy) is 1. The molecule has 2 heterocycles. The van der Waals surface area contributed by atoms with E-state index >= 15 is 0 Å². The molecule has 0 spiro atoms. The molecule has 0 saturated carbocycles. The van der Waals surface area contributed by atoms with Gasteiger partial charge in [0.2, 0.25) is 0 Å². The van der Waals surface area contributed by atoms with E-state index in [0.29, 0.717) is 51.2 Å². The number of hydrogen-bond donors (Lipinski definition) is 1. The third kappa shape index (κ3) is 6.48. The Morgan fingerprint density at radius 3 is 2.54 bits per heavy atom. The van der Waals surface area contributed by atoms with Gasteiger partial charge in [0.15, 0.2) is 10.9 Å². The normalized spacial score (nSPS) is 11.1. The van der Waals surface area contributed by atoms with Crippen molar-refractivity contribution in [3.8, 4) is 5.75 Å². The molecule has 4 aromatic rings. The Morgan fingerprint density at radius 2 is 1.86 bits per heavy atom. The highest BCUT2D eigenvalue weighted by molar-refractivity contribution is 7.99. The quantitative estimate of drug-likeness (QED) is 0.170. The third-order valence-electron chi connectivity index (χ3n) is 5.86. The molecule has 0 aliphatic heterocycles. The molecule has 37 heavy (non-hydrogen) atoms. The smallest absolute Gasteiger partial charge is 0.262 e. The maximum absolute atomic E-state index is 13.4. The van der Waals surface area contributed by atoms with Gasteiger partial charge >= 0.3 is 0 Å². The number of ketones is 1. The largest absolute Gasteiger partial charge is 0.497 e. The molecule has 192 valence electrons. The van der Waals surface area contributed by atoms with E-state index in [4.69, 9.17) is 14.1 Å². The summed E-state index contributed by atoms with van der Waals surface area (Å²) in [5, 5.41) is 3.68. The van der Waals surface area contributed by atoms with Crippen LogP contribution >= 0.6 is 11.8 Å². The van der Waals surface area contributed by atoms with Crippen molar-refractivity contribution in [3.63, 3.8) is 0 Å². The molecule has 0 aliphatic rings. The van der Waals surface area contributed by atoms with Crippen molar-refractivity contribution in [1.82, 2.24) is 14.9 Å². The number of nitrogens with one attached hydrogen (secondary N) is 1. The van der Waals surface area contributed by atoms with Gasteiger partial charge in [0, 0.05) is 17.7 Å². The van der Waals surface area contributed by atoms with Crippen LogP contribution in [0, 0.1) is 5.92 Å². The number of amides is 1. The molecule has 0 atom stereocenters. The van der Waals surface area contributed by atoms with Gasteiger partial charge in [-0.15, -0.1) is 0 Å². The van der Waals surface area contributed by atoms with E-state index in [1.807, 2.05) is 0 Å². The summed E-state index contributed by atoms with van der Waals surface area (Å²) in [6.07, 6.45) is 2.34. The van der Waals surface area contributed by atoms with Gasteiger partial charge in [-0.3, -0.25) is 19.0 Å². The molecular weight excluding hydrogens is 490 g/mol. The first kappa shape index (κ1) is 26.2. The first-order valence-corrected chi connectivity index (χ1v) is 13.0. The Balaban J connectivity index is 1.60. The van der Waals surface area contributed by atoms with Crippen LogP contribution < -0.4 is 15.6 Å². The van der Waals surface area contributed by atoms with Gasteiger partial charge in [-0.2, -0.15) is 0 Å². The highest BCUT2D eigenvalue weighted by Crippen LogP contribution is 2.22. The second-order valence-corrected chi connectivity index (χ2v) is 9.91. The molecule has 0 saturated heterocycles. The summed E-state index contributed by atoms with van der Waals surface area (Å²) in [7, 11) is 1.57. The van der Waals surface area contributed by atoms with Crippen molar-refractivity contribution in [3.05, 3.63) is 88.1 Å². The number of benzene rings is 2. The van der Waals surface area contributed by atoms with E-state index in [1.165, 1.54) is 11.8 Å². The number of methoxy groups -OCH3 is 1. The van der Waals surface area contributed by atoms with E-state index in [2.05, 4.69) is 19.2 Å². The maximum atomic E-state index is 13.4. The predicted molar refractivity (Wildman–Crippen MR) is 143 cm³/mol. The molecule has 1 amide bonds. The molecule has 0 bridgehead atoms. The van der Waals surface area contributed by atoms with Crippen molar-refractivity contribution in [1.29, 1.82) is 0 Å². The highest BCUT2D eigenvalue weighted by Gasteiger charge is 2.16. The minimum atomic E-state index is -0.298. The number of nitrogens with zero attached hydrogens (tertiary/aromatic N) is 2. The van der Waals surface area contributed by atoms with Crippen LogP contribution in [-0.2, 0) is 13.1 Å². The summed E-state index contributed by atoms with van der Waals surface area (Å²) >= 11 is 1.22. The van der Waals surface area contributed by atoms with E-state index < -0.39 is 0 Å². The van der Waals surface area contributed by atoms with Crippen LogP contribution in [0.3, 0.4) is 0 Å². The monoisotopic (exact) mass is 519 g/mol. The number of Topliss-reactive ketones (excluding diaryl/α,β-unsaturated/α-hetero) is 1. The van der Waals surface area contributed by atoms with Gasteiger partial charge < -0.3 is 14.5 Å². The summed E-state index contributed by atoms with van der Waals surface area (Å²) in [5.74, 6) is 1.44. The Labute approximate surface area is 219 Å². The zero-order valence-electron chi connectivity index (χ0n) is 21.0. The zero-order valence-corrected chi connectivity index (χ0v) is 21.8. The van der Waals surface area contributed by atoms with Crippen LogP contribution in [0.5, 0.6) is 5.75 Å². The Bertz CT molecular complexity index is 1440. The fraction of sp³-hybridized carbons (Fsp3) is 0.286. The molecule has 0 fully saturated rings. The van der Waals surface area contributed by atoms with Gasteiger partial charge in [-0.05, 0) is 66.9 Å². The van der Waals surface area contributed by atoms with Crippen LogP contribution in [0.25, 0.3) is 10.9 Å². The standard InChI is InChI=1S/C28H29N3O5S/c1-18(2)12-13-31-27(34)23-11-8-20(26(33)29-16-22-5-4-14-36-22)15-24(23)30-28(31)37-17-25(32)19-6-9-21(35-3)10-7-19/h4-11,14-15,18H,12-13,16-17H2,1-3H3,(H,29,33). The Morgan fingerprint density at radius 1 is 1.11 bits per heavy atom. The number of aromatic nitrogens is 2. The van der Waals surface area contributed by atoms with E-state index in [0.717, 1.165) is 6.42 Å². The lowest BCUT2D eigenvalue weighted by atomic mass is 10.1. The average Bonchev–Trinajstić information content (AvgIpc) is 3.43. The van der Waals surface area contributed by atoms with E-state index in [9.17, 15) is 14.4 Å². The number of carbonyl (C=O) groups is 2. The molecule has 0 unspecified atom stereocenters. The summed E-state index contributed by atoms with van der Waals surface area (Å²) in [5.41, 5.74) is 1.17. The number of furan rings is 1. The van der Waals surface area contributed by atoms with Gasteiger partial charge in [-0.1, -0.05) is 25.6 Å². The van der Waals surface area contributed by atoms with Crippen LogP contribution in [-0.4, -0.2) is 34.1 Å². The van der Waals surface area contributed by atoms with Crippen molar-refractivity contribution in [2.24, 2.45) is 5.92 Å². The van der Waals surface area contributed by atoms with Gasteiger partial charge in [0.1, 0.15) is 11.5 Å². The number of carbonyl (C=O) groups excluding carboxylic acids is 2. The van der Waals surface area contributed by atoms with Crippen molar-refractivity contribution in [2.75, 3.05) is 12.9 Å². The number of fused-ring (bicyclic) bond motifs is 1. The molecule has 4 rings (SSSR count). The van der Waals surface area contributed by atoms with Crippen LogP contribution in [0.1, 0.15) is 46.7 Å². The zero-order chi connectivity index (χ0) is 26.4. The van der Waals surface area contributed by atoms with E-state index in [-0.39, 0.29) is 29.5 Å². The summed E-state index contributed by atoms with van der Waals surface area (Å²) in [4.78, 5) is 43.6. The Hall–Kier alpha value is -3.85. The topological polar surface area (TPSA) is 103 Å². The molecule has 8 nitrogen and oxygen atoms in total. The lowest BCUT2D eigenvalue weighted by Gasteiger charge is -2.14. The van der Waals surface area contributed by atoms with Crippen LogP contribution in [0.15, 0.2) is 75.2 Å². The molecule has 0 aliphatic carbocycles. The second-order valence-electron chi connectivity index (χ2n) is 8.97. The highest BCUT2D eigenvalue weighted by atomic mass is 32.2. The van der Waals surface area contributed by atoms with Gasteiger partial charge in [0.05, 0.1) is 36.6 Å². The summed E-state index contributed by atoms with van der Waals surface area (Å²) < 4.78 is 12.0. The van der Waals surface area contributed by atoms with Crippen molar-refractivity contribution >= 4 is 34.4 Å². The fourth-order valence-electron chi connectivity index (χ4n) is 3.71. The van der Waals surface area contributed by atoms with Gasteiger partial charge in [0.25, 0.3) is 11.5 Å². The minimum absolute atomic E-state index is 0.0801. The lowest BCUT2D eigenvalue weighted by molar-refractivity contribution is 0.0947. The molecule has 2 aromatic carbocycles. The molecule has 2 aromatic heterocycles. The maximum Gasteiger partial charge on any atom is 0.262 e. The molecule has 9 heteroatoms. The minimum Gasteiger partial charge on any atom is -0.497 e. The van der Waals surface area contributed by atoms with Crippen LogP contribution in [0.2, 0.25) is 0 Å².